The highest BCUT2D eigenvalue weighted by molar-refractivity contribution is 5.72. The monoisotopic (exact) mass is 293 g/mol. The van der Waals surface area contributed by atoms with Crippen LogP contribution in [0.2, 0.25) is 0 Å². The third-order valence-corrected chi connectivity index (χ3v) is 4.82. The first-order chi connectivity index (χ1) is 9.46. The van der Waals surface area contributed by atoms with E-state index in [2.05, 4.69) is 48.5 Å². The van der Waals surface area contributed by atoms with Crippen molar-refractivity contribution in [2.45, 2.75) is 73.8 Å². The molecule has 0 amide bonds. The van der Waals surface area contributed by atoms with Crippen LogP contribution >= 0.6 is 0 Å². The van der Waals surface area contributed by atoms with Gasteiger partial charge in [0.25, 0.3) is 0 Å². The number of esters is 1. The lowest BCUT2D eigenvalue weighted by molar-refractivity contribution is -0.168. The van der Waals surface area contributed by atoms with Crippen molar-refractivity contribution >= 4 is 5.97 Å². The van der Waals surface area contributed by atoms with E-state index in [1.807, 2.05) is 6.07 Å². The fourth-order valence-corrected chi connectivity index (χ4v) is 3.63. The molecule has 1 fully saturated rings. The minimum atomic E-state index is -0.374. The van der Waals surface area contributed by atoms with Gasteiger partial charge < -0.3 is 4.74 Å². The Morgan fingerprint density at radius 3 is 1.86 bits per heavy atom. The lowest BCUT2D eigenvalue weighted by Crippen LogP contribution is -2.49. The fraction of sp³-hybridized carbons (Fsp3) is 0.889. The summed E-state index contributed by atoms with van der Waals surface area (Å²) in [4.78, 5) is 11.9. The predicted molar refractivity (Wildman–Crippen MR) is 84.4 cm³/mol. The zero-order valence-electron chi connectivity index (χ0n) is 14.7. The van der Waals surface area contributed by atoms with Crippen LogP contribution in [0, 0.1) is 39.9 Å². The van der Waals surface area contributed by atoms with E-state index in [0.29, 0.717) is 17.8 Å². The Morgan fingerprint density at radius 2 is 1.52 bits per heavy atom. The molecule has 2 atom stereocenters. The molecule has 0 saturated heterocycles. The van der Waals surface area contributed by atoms with Crippen molar-refractivity contribution in [3.8, 4) is 6.07 Å². The maximum absolute atomic E-state index is 11.9. The quantitative estimate of drug-likeness (QED) is 0.701. The number of carbonyl (C=O) groups is 1. The number of carbonyl (C=O) groups excluding carboxylic acids is 1. The van der Waals surface area contributed by atoms with Crippen LogP contribution in [0.15, 0.2) is 0 Å². The van der Waals surface area contributed by atoms with Crippen LogP contribution in [0.4, 0.5) is 0 Å². The standard InChI is InChI=1S/C18H31NO2/c1-12-10-13(17(2,3)4)16(21-15(20)8-9-19)14(11-12)18(5,6)7/h12-14,16H,8,10-11H2,1-7H3. The first-order valence-corrected chi connectivity index (χ1v) is 8.03. The molecule has 1 rings (SSSR count). The molecular formula is C18H31NO2. The van der Waals surface area contributed by atoms with E-state index in [4.69, 9.17) is 10.00 Å². The van der Waals surface area contributed by atoms with Gasteiger partial charge in [-0.3, -0.25) is 4.79 Å². The van der Waals surface area contributed by atoms with Gasteiger partial charge in [0.05, 0.1) is 6.07 Å². The second-order valence-corrected chi connectivity index (χ2v) is 8.81. The Hall–Kier alpha value is -1.04. The highest BCUT2D eigenvalue weighted by Gasteiger charge is 2.47. The summed E-state index contributed by atoms with van der Waals surface area (Å²) in [5.74, 6) is 0.950. The molecule has 1 aliphatic rings. The molecule has 1 saturated carbocycles. The average molecular weight is 293 g/mol. The van der Waals surface area contributed by atoms with Gasteiger partial charge in [0.2, 0.25) is 0 Å². The highest BCUT2D eigenvalue weighted by atomic mass is 16.5. The van der Waals surface area contributed by atoms with Gasteiger partial charge in [0.15, 0.2) is 0 Å². The maximum Gasteiger partial charge on any atom is 0.320 e. The Balaban J connectivity index is 3.09. The molecule has 120 valence electrons. The number of nitrogens with zero attached hydrogens (tertiary/aromatic N) is 1. The predicted octanol–water partition coefficient (Wildman–Crippen LogP) is 4.57. The molecule has 3 nitrogen and oxygen atoms in total. The molecule has 3 heteroatoms. The summed E-state index contributed by atoms with van der Waals surface area (Å²) in [5, 5.41) is 8.71. The van der Waals surface area contributed by atoms with E-state index in [9.17, 15) is 4.79 Å². The topological polar surface area (TPSA) is 50.1 Å². The van der Waals surface area contributed by atoms with Crippen molar-refractivity contribution in [3.05, 3.63) is 0 Å². The summed E-state index contributed by atoms with van der Waals surface area (Å²) in [7, 11) is 0. The van der Waals surface area contributed by atoms with E-state index in [1.165, 1.54) is 0 Å². The van der Waals surface area contributed by atoms with E-state index in [1.54, 1.807) is 0 Å². The molecular weight excluding hydrogens is 262 g/mol. The van der Waals surface area contributed by atoms with Crippen LogP contribution in [0.1, 0.15) is 67.7 Å². The highest BCUT2D eigenvalue weighted by Crippen LogP contribution is 2.49. The second-order valence-electron chi connectivity index (χ2n) is 8.81. The van der Waals surface area contributed by atoms with Crippen molar-refractivity contribution in [2.24, 2.45) is 28.6 Å². The summed E-state index contributed by atoms with van der Waals surface area (Å²) >= 11 is 0. The minimum Gasteiger partial charge on any atom is -0.461 e. The minimum absolute atomic E-state index is 0.0814. The van der Waals surface area contributed by atoms with E-state index >= 15 is 0 Å². The molecule has 0 aliphatic heterocycles. The van der Waals surface area contributed by atoms with Crippen molar-refractivity contribution in [2.75, 3.05) is 0 Å². The third kappa shape index (κ3) is 4.73. The van der Waals surface area contributed by atoms with Gasteiger partial charge >= 0.3 is 5.97 Å². The first kappa shape index (κ1) is 18.0. The van der Waals surface area contributed by atoms with E-state index in [0.717, 1.165) is 12.8 Å². The zero-order chi connectivity index (χ0) is 16.4. The second kappa shape index (κ2) is 6.38. The molecule has 0 heterocycles. The van der Waals surface area contributed by atoms with Crippen LogP contribution < -0.4 is 0 Å². The summed E-state index contributed by atoms with van der Waals surface area (Å²) in [6.07, 6.45) is 1.93. The number of rotatable bonds is 2. The molecule has 1 aliphatic carbocycles. The van der Waals surface area contributed by atoms with Gasteiger partial charge in [-0.15, -0.1) is 0 Å². The number of nitriles is 1. The molecule has 0 spiro atoms. The number of ether oxygens (including phenoxy) is 1. The normalized spacial score (nSPS) is 30.6. The van der Waals surface area contributed by atoms with E-state index in [-0.39, 0.29) is 29.3 Å². The Labute approximate surface area is 130 Å². The lowest BCUT2D eigenvalue weighted by Gasteiger charge is -2.50. The molecule has 0 aromatic carbocycles. The Morgan fingerprint density at radius 1 is 1.10 bits per heavy atom. The van der Waals surface area contributed by atoms with Crippen LogP contribution in [-0.4, -0.2) is 12.1 Å². The smallest absolute Gasteiger partial charge is 0.320 e. The van der Waals surface area contributed by atoms with Crippen molar-refractivity contribution < 1.29 is 9.53 Å². The zero-order valence-corrected chi connectivity index (χ0v) is 14.7. The summed E-state index contributed by atoms with van der Waals surface area (Å²) < 4.78 is 5.80. The van der Waals surface area contributed by atoms with E-state index < -0.39 is 0 Å². The first-order valence-electron chi connectivity index (χ1n) is 8.03. The largest absolute Gasteiger partial charge is 0.461 e. The van der Waals surface area contributed by atoms with Crippen LogP contribution in [-0.2, 0) is 9.53 Å². The summed E-state index contributed by atoms with van der Waals surface area (Å²) in [6, 6.07) is 1.90. The van der Waals surface area contributed by atoms with Gasteiger partial charge in [-0.25, -0.2) is 0 Å². The van der Waals surface area contributed by atoms with Gasteiger partial charge in [0, 0.05) is 11.8 Å². The fourth-order valence-electron chi connectivity index (χ4n) is 3.63. The maximum atomic E-state index is 11.9. The lowest BCUT2D eigenvalue weighted by atomic mass is 9.59. The SMILES string of the molecule is CC1CC(C(C)(C)C)C(OC(=O)CC#N)C(C(C)(C)C)C1. The van der Waals surface area contributed by atoms with Crippen molar-refractivity contribution in [1.82, 2.24) is 0 Å². The van der Waals surface area contributed by atoms with Gasteiger partial charge in [-0.2, -0.15) is 5.26 Å². The van der Waals surface area contributed by atoms with Gasteiger partial charge in [-0.1, -0.05) is 48.5 Å². The van der Waals surface area contributed by atoms with Crippen LogP contribution in [0.3, 0.4) is 0 Å². The molecule has 0 bridgehead atoms. The molecule has 0 radical (unpaired) electrons. The molecule has 2 unspecified atom stereocenters. The van der Waals surface area contributed by atoms with Crippen LogP contribution in [0.5, 0.6) is 0 Å². The Kier molecular flexibility index (Phi) is 5.47. The van der Waals surface area contributed by atoms with Gasteiger partial charge in [0.1, 0.15) is 12.5 Å². The van der Waals surface area contributed by atoms with Crippen LogP contribution in [0.25, 0.3) is 0 Å². The molecule has 21 heavy (non-hydrogen) atoms. The summed E-state index contributed by atoms with van der Waals surface area (Å²) in [5.41, 5.74) is 0.186. The molecule has 0 N–H and O–H groups in total. The van der Waals surface area contributed by atoms with Gasteiger partial charge in [-0.05, 0) is 29.6 Å². The summed E-state index contributed by atoms with van der Waals surface area (Å²) in [6.45, 7) is 15.6. The third-order valence-electron chi connectivity index (χ3n) is 4.82. The average Bonchev–Trinajstić information content (AvgIpc) is 2.28. The van der Waals surface area contributed by atoms with Crippen molar-refractivity contribution in [3.63, 3.8) is 0 Å². The number of hydrogen-bond acceptors (Lipinski definition) is 3. The molecule has 0 aromatic rings. The molecule has 0 aromatic heterocycles. The van der Waals surface area contributed by atoms with Crippen molar-refractivity contribution in [1.29, 1.82) is 5.26 Å². The Bertz CT molecular complexity index is 384. The number of hydrogen-bond donors (Lipinski definition) is 0.